The molecule has 1 unspecified atom stereocenters. The maximum absolute atomic E-state index is 12.5. The number of rotatable bonds is 15. The number of fused-ring (bicyclic) bond motifs is 6. The first-order chi connectivity index (χ1) is 31.5. The van der Waals surface area contributed by atoms with Crippen LogP contribution in [0.2, 0.25) is 5.15 Å². The van der Waals surface area contributed by atoms with Gasteiger partial charge in [-0.1, -0.05) is 35.4 Å². The summed E-state index contributed by atoms with van der Waals surface area (Å²) in [5, 5.41) is 25.6. The molecule has 0 bridgehead atoms. The lowest BCUT2D eigenvalue weighted by molar-refractivity contribution is 0.0358. The molecule has 2 aliphatic heterocycles. The SMILES string of the molecule is CCn1nc(C)cc1-c1nc(Cl)c2c3cc(C(N)=O)cc(OC)c3n(C/C=C/Cn3c4c(c5cc(C#N)cc(OCCCN6CCOCC6)c53)C(Cl)=NC(c3cc(C)nn3CC)N4)c2n1. The summed E-state index contributed by atoms with van der Waals surface area (Å²) in [6, 6.07) is 13.2. The van der Waals surface area contributed by atoms with Gasteiger partial charge in [0.05, 0.1) is 77.6 Å². The molecule has 0 radical (unpaired) electrons. The summed E-state index contributed by atoms with van der Waals surface area (Å²) < 4.78 is 25.9. The van der Waals surface area contributed by atoms with E-state index in [0.717, 1.165) is 78.8 Å². The molecule has 1 fully saturated rings. The number of aliphatic imine (C=N–C) groups is 1. The molecule has 0 spiro atoms. The van der Waals surface area contributed by atoms with E-state index in [1.54, 1.807) is 25.3 Å². The zero-order valence-corrected chi connectivity index (χ0v) is 38.4. The topological polar surface area (TPSA) is 193 Å². The second kappa shape index (κ2) is 18.2. The molecule has 65 heavy (non-hydrogen) atoms. The number of aryl methyl sites for hydroxylation is 4. The average molecular weight is 919 g/mol. The summed E-state index contributed by atoms with van der Waals surface area (Å²) >= 11 is 14.2. The molecule has 19 heteroatoms. The van der Waals surface area contributed by atoms with Gasteiger partial charge in [-0.2, -0.15) is 15.5 Å². The third-order valence-corrected chi connectivity index (χ3v) is 12.4. The minimum absolute atomic E-state index is 0.210. The number of nitrogens with two attached hydrogens (primary N) is 1. The number of nitrogens with zero attached hydrogens (tertiary/aromatic N) is 11. The minimum atomic E-state index is -0.609. The second-order valence-electron chi connectivity index (χ2n) is 16.0. The van der Waals surface area contributed by atoms with Gasteiger partial charge in [-0.3, -0.25) is 19.1 Å². The fraction of sp³-hybridized carbons (Fsp3) is 0.370. The Morgan fingerprint density at radius 2 is 1.68 bits per heavy atom. The number of hydrogen-bond acceptors (Lipinski definition) is 12. The molecule has 2 aliphatic rings. The Labute approximate surface area is 385 Å². The van der Waals surface area contributed by atoms with Gasteiger partial charge in [-0.05, 0) is 64.4 Å². The lowest BCUT2D eigenvalue weighted by Crippen LogP contribution is -2.37. The van der Waals surface area contributed by atoms with Crippen molar-refractivity contribution in [2.75, 3.05) is 51.9 Å². The highest BCUT2D eigenvalue weighted by molar-refractivity contribution is 6.71. The van der Waals surface area contributed by atoms with Crippen LogP contribution in [0.25, 0.3) is 44.4 Å². The van der Waals surface area contributed by atoms with E-state index in [9.17, 15) is 10.1 Å². The van der Waals surface area contributed by atoms with Crippen molar-refractivity contribution in [3.63, 3.8) is 0 Å². The Bertz CT molecular complexity index is 3090. The molecule has 1 atom stereocenters. The molecule has 336 valence electrons. The average Bonchev–Trinajstić information content (AvgIpc) is 4.06. The van der Waals surface area contributed by atoms with Crippen molar-refractivity contribution in [1.29, 1.82) is 5.26 Å². The van der Waals surface area contributed by atoms with E-state index in [2.05, 4.69) is 37.1 Å². The number of carbonyl (C=O) groups excluding carboxylic acids is 1. The molecule has 5 aromatic heterocycles. The molecule has 1 saturated heterocycles. The van der Waals surface area contributed by atoms with Crippen molar-refractivity contribution in [3.8, 4) is 29.1 Å². The molecular formula is C46H49Cl2N13O4. The van der Waals surface area contributed by atoms with Crippen LogP contribution in [0.5, 0.6) is 11.5 Å². The monoisotopic (exact) mass is 917 g/mol. The normalized spacial score (nSPS) is 15.5. The quantitative estimate of drug-likeness (QED) is 0.0593. The first-order valence-electron chi connectivity index (χ1n) is 21.7. The van der Waals surface area contributed by atoms with E-state index < -0.39 is 12.1 Å². The lowest BCUT2D eigenvalue weighted by atomic mass is 10.1. The standard InChI is InChI=1S/C46H49Cl2N13O4/c1-6-60-32(19-26(3)55-60)43-51-40(47)36-30-21-28(25-49)22-35(65-16-10-11-57-14-17-64-18-15-57)39(30)59(45(36)53-43)13-9-8-12-58-38-31(23-29(42(50)62)24-34(38)63-5)37-41(48)52-44(54-46(37)58)33-20-27(4)56-61(33)7-2/h8-9,19-24,43,53H,6-7,10-18H2,1-5H3,(H2,50,62)/b9-8+. The van der Waals surface area contributed by atoms with Crippen molar-refractivity contribution in [1.82, 2.24) is 43.6 Å². The molecule has 7 heterocycles. The van der Waals surface area contributed by atoms with Gasteiger partial charge in [-0.15, -0.1) is 0 Å². The van der Waals surface area contributed by atoms with Crippen molar-refractivity contribution >= 4 is 72.9 Å². The number of allylic oxidation sites excluding steroid dienone is 2. The highest BCUT2D eigenvalue weighted by atomic mass is 35.5. The number of benzene rings is 2. The first kappa shape index (κ1) is 43.8. The number of nitriles is 1. The molecule has 9 rings (SSSR count). The fourth-order valence-electron chi connectivity index (χ4n) is 8.93. The van der Waals surface area contributed by atoms with Gasteiger partial charge in [0.2, 0.25) is 5.91 Å². The number of methoxy groups -OCH3 is 1. The summed E-state index contributed by atoms with van der Waals surface area (Å²) in [5.41, 5.74) is 12.4. The van der Waals surface area contributed by atoms with Gasteiger partial charge in [0.25, 0.3) is 0 Å². The summed E-state index contributed by atoms with van der Waals surface area (Å²) in [6.45, 7) is 14.4. The Hall–Kier alpha value is -6.45. The number of aromatic nitrogens is 8. The van der Waals surface area contributed by atoms with Crippen molar-refractivity contribution in [2.45, 2.75) is 66.5 Å². The van der Waals surface area contributed by atoms with Crippen molar-refractivity contribution < 1.29 is 19.0 Å². The number of halogens is 2. The zero-order valence-electron chi connectivity index (χ0n) is 36.9. The number of anilines is 1. The van der Waals surface area contributed by atoms with E-state index in [-0.39, 0.29) is 10.7 Å². The number of ether oxygens (including phenoxy) is 3. The third kappa shape index (κ3) is 8.16. The van der Waals surface area contributed by atoms with Gasteiger partial charge >= 0.3 is 0 Å². The maximum atomic E-state index is 12.5. The Morgan fingerprint density at radius 1 is 0.954 bits per heavy atom. The number of morpholine rings is 1. The van der Waals surface area contributed by atoms with E-state index in [1.807, 2.05) is 65.9 Å². The summed E-state index contributed by atoms with van der Waals surface area (Å²) in [5.74, 6) is 1.52. The lowest BCUT2D eigenvalue weighted by Gasteiger charge is -2.26. The Balaban J connectivity index is 1.14. The van der Waals surface area contributed by atoms with Crippen LogP contribution in [0, 0.1) is 25.2 Å². The molecule has 2 aromatic carbocycles. The highest BCUT2D eigenvalue weighted by Crippen LogP contribution is 2.43. The zero-order chi connectivity index (χ0) is 45.5. The van der Waals surface area contributed by atoms with Gasteiger partial charge in [0.1, 0.15) is 39.0 Å². The van der Waals surface area contributed by atoms with Crippen LogP contribution in [0.15, 0.2) is 53.5 Å². The summed E-state index contributed by atoms with van der Waals surface area (Å²) in [4.78, 5) is 29.7. The second-order valence-corrected chi connectivity index (χ2v) is 16.7. The number of primary amides is 1. The van der Waals surface area contributed by atoms with Gasteiger partial charge in [-0.25, -0.2) is 15.0 Å². The molecule has 7 aromatic rings. The van der Waals surface area contributed by atoms with E-state index in [4.69, 9.17) is 58.1 Å². The predicted octanol–water partition coefficient (Wildman–Crippen LogP) is 7.36. The van der Waals surface area contributed by atoms with Crippen LogP contribution in [0.1, 0.15) is 65.0 Å². The van der Waals surface area contributed by atoms with Crippen LogP contribution in [-0.2, 0) is 30.9 Å². The highest BCUT2D eigenvalue weighted by Gasteiger charge is 2.31. The van der Waals surface area contributed by atoms with Crippen LogP contribution in [0.4, 0.5) is 5.82 Å². The first-order valence-corrected chi connectivity index (χ1v) is 22.4. The van der Waals surface area contributed by atoms with E-state index >= 15 is 0 Å². The maximum Gasteiger partial charge on any atom is 0.248 e. The van der Waals surface area contributed by atoms with E-state index in [1.165, 1.54) is 0 Å². The van der Waals surface area contributed by atoms with Crippen molar-refractivity contribution in [2.24, 2.45) is 10.7 Å². The number of amides is 1. The van der Waals surface area contributed by atoms with Gasteiger partial charge < -0.3 is 34.4 Å². The molecular weight excluding hydrogens is 869 g/mol. The van der Waals surface area contributed by atoms with E-state index in [0.29, 0.717) is 88.3 Å². The minimum Gasteiger partial charge on any atom is -0.495 e. The molecule has 3 N–H and O–H groups in total. The number of nitrogens with one attached hydrogen (secondary N) is 1. The largest absolute Gasteiger partial charge is 0.495 e. The van der Waals surface area contributed by atoms with Crippen LogP contribution in [0.3, 0.4) is 0 Å². The molecule has 0 aliphatic carbocycles. The molecule has 1 amide bonds. The Kier molecular flexibility index (Phi) is 12.3. The van der Waals surface area contributed by atoms with Crippen molar-refractivity contribution in [3.05, 3.63) is 87.5 Å². The molecule has 0 saturated carbocycles. The van der Waals surface area contributed by atoms with Gasteiger partial charge in [0.15, 0.2) is 12.0 Å². The van der Waals surface area contributed by atoms with Crippen LogP contribution in [-0.4, -0.2) is 101 Å². The Morgan fingerprint density at radius 3 is 2.40 bits per heavy atom. The van der Waals surface area contributed by atoms with Crippen LogP contribution < -0.4 is 20.5 Å². The van der Waals surface area contributed by atoms with Crippen LogP contribution >= 0.6 is 23.2 Å². The molecule has 17 nitrogen and oxygen atoms in total. The fourth-order valence-corrected chi connectivity index (χ4v) is 9.48. The summed E-state index contributed by atoms with van der Waals surface area (Å²) in [6.07, 6.45) is 4.35. The number of carbonyl (C=O) groups is 1. The number of hydrogen-bond donors (Lipinski definition) is 2. The summed E-state index contributed by atoms with van der Waals surface area (Å²) in [7, 11) is 1.54. The smallest absolute Gasteiger partial charge is 0.248 e. The third-order valence-electron chi connectivity index (χ3n) is 11.9. The predicted molar refractivity (Wildman–Crippen MR) is 251 cm³/mol. The van der Waals surface area contributed by atoms with Gasteiger partial charge in [0, 0.05) is 68.2 Å².